The lowest BCUT2D eigenvalue weighted by atomic mass is 10.1. The van der Waals surface area contributed by atoms with Gasteiger partial charge in [0.25, 0.3) is 11.6 Å². The summed E-state index contributed by atoms with van der Waals surface area (Å²) in [5.74, 6) is 1.55. The van der Waals surface area contributed by atoms with Crippen LogP contribution < -0.4 is 15.1 Å². The van der Waals surface area contributed by atoms with Gasteiger partial charge in [-0.1, -0.05) is 11.6 Å². The van der Waals surface area contributed by atoms with Crippen molar-refractivity contribution in [1.82, 2.24) is 15.0 Å². The molecule has 3 aromatic rings. The number of nitro benzene ring substituents is 1. The molecule has 0 aliphatic carbocycles. The SMILES string of the molecule is COc1nc(NN=Cc2ccc(-c3ccc([N+](=O)[O-])cc3Cl)o2)nc(N2CCOCC2)n1. The number of nitrogens with one attached hydrogen (secondary N) is 1. The molecule has 0 atom stereocenters. The number of morpholine rings is 1. The molecule has 32 heavy (non-hydrogen) atoms. The molecular weight excluding hydrogens is 442 g/mol. The first kappa shape index (κ1) is 21.5. The number of nitro groups is 1. The standard InChI is InChI=1S/C19H18ClN7O5/c1-30-19-23-17(22-18(24-19)26-6-8-31-9-7-26)25-21-11-13-3-5-16(32-13)14-4-2-12(27(28)29)10-15(14)20/h2-5,10-11H,6-9H2,1H3,(H,22,23,24,25). The van der Waals surface area contributed by atoms with Gasteiger partial charge in [-0.05, 0) is 18.2 Å². The summed E-state index contributed by atoms with van der Waals surface area (Å²) >= 11 is 6.15. The number of aromatic nitrogens is 3. The largest absolute Gasteiger partial charge is 0.467 e. The van der Waals surface area contributed by atoms with Gasteiger partial charge in [0.15, 0.2) is 0 Å². The Kier molecular flexibility index (Phi) is 6.42. The Labute approximate surface area is 187 Å². The van der Waals surface area contributed by atoms with Gasteiger partial charge in [-0.15, -0.1) is 0 Å². The van der Waals surface area contributed by atoms with Gasteiger partial charge in [0, 0.05) is 30.8 Å². The minimum absolute atomic E-state index is 0.0967. The van der Waals surface area contributed by atoms with Crippen LogP contribution in [-0.4, -0.2) is 59.5 Å². The molecule has 0 unspecified atom stereocenters. The van der Waals surface area contributed by atoms with Crippen LogP contribution in [0.15, 0.2) is 39.9 Å². The van der Waals surface area contributed by atoms with Gasteiger partial charge >= 0.3 is 6.01 Å². The van der Waals surface area contributed by atoms with Crippen LogP contribution in [0.5, 0.6) is 6.01 Å². The molecule has 0 bridgehead atoms. The van der Waals surface area contributed by atoms with E-state index < -0.39 is 4.92 Å². The smallest absolute Gasteiger partial charge is 0.322 e. The number of nitrogens with zero attached hydrogens (tertiary/aromatic N) is 6. The van der Waals surface area contributed by atoms with E-state index in [4.69, 9.17) is 25.5 Å². The number of hydrazone groups is 1. The number of ether oxygens (including phenoxy) is 2. The molecule has 2 aromatic heterocycles. The highest BCUT2D eigenvalue weighted by Crippen LogP contribution is 2.32. The zero-order valence-electron chi connectivity index (χ0n) is 16.9. The zero-order valence-corrected chi connectivity index (χ0v) is 17.7. The summed E-state index contributed by atoms with van der Waals surface area (Å²) in [6.45, 7) is 2.51. The van der Waals surface area contributed by atoms with E-state index in [1.807, 2.05) is 4.90 Å². The Bertz CT molecular complexity index is 1150. The van der Waals surface area contributed by atoms with Crippen molar-refractivity contribution in [2.75, 3.05) is 43.7 Å². The molecule has 13 heteroatoms. The second-order valence-corrected chi connectivity index (χ2v) is 6.95. The third-order valence-electron chi connectivity index (χ3n) is 4.49. The van der Waals surface area contributed by atoms with Gasteiger partial charge in [-0.2, -0.15) is 20.1 Å². The maximum absolute atomic E-state index is 10.9. The van der Waals surface area contributed by atoms with Crippen LogP contribution in [0.2, 0.25) is 5.02 Å². The average Bonchev–Trinajstić information content (AvgIpc) is 3.28. The van der Waals surface area contributed by atoms with Crippen LogP contribution in [0.3, 0.4) is 0 Å². The molecule has 166 valence electrons. The Hall–Kier alpha value is -3.77. The van der Waals surface area contributed by atoms with Gasteiger partial charge in [-0.3, -0.25) is 10.1 Å². The van der Waals surface area contributed by atoms with Gasteiger partial charge in [0.1, 0.15) is 11.5 Å². The Morgan fingerprint density at radius 2 is 2.06 bits per heavy atom. The van der Waals surface area contributed by atoms with Gasteiger partial charge < -0.3 is 18.8 Å². The number of rotatable bonds is 7. The molecule has 1 N–H and O–H groups in total. The molecular formula is C19H18ClN7O5. The first-order chi connectivity index (χ1) is 15.5. The minimum atomic E-state index is -0.512. The summed E-state index contributed by atoms with van der Waals surface area (Å²) in [6.07, 6.45) is 1.44. The lowest BCUT2D eigenvalue weighted by Gasteiger charge is -2.26. The zero-order chi connectivity index (χ0) is 22.5. The number of hydrogen-bond donors (Lipinski definition) is 1. The van der Waals surface area contributed by atoms with Crippen molar-refractivity contribution in [2.24, 2.45) is 5.10 Å². The van der Waals surface area contributed by atoms with Crippen molar-refractivity contribution >= 4 is 35.4 Å². The van der Waals surface area contributed by atoms with Crippen LogP contribution in [-0.2, 0) is 4.74 Å². The van der Waals surface area contributed by atoms with E-state index in [2.05, 4.69) is 25.5 Å². The van der Waals surface area contributed by atoms with E-state index in [1.165, 1.54) is 31.5 Å². The van der Waals surface area contributed by atoms with Crippen LogP contribution in [0.25, 0.3) is 11.3 Å². The van der Waals surface area contributed by atoms with Gasteiger partial charge in [0.05, 0.1) is 36.5 Å². The molecule has 1 aliphatic heterocycles. The van der Waals surface area contributed by atoms with E-state index >= 15 is 0 Å². The summed E-state index contributed by atoms with van der Waals surface area (Å²) in [6, 6.07) is 7.70. The topological polar surface area (TPSA) is 141 Å². The third kappa shape index (κ3) is 4.92. The van der Waals surface area contributed by atoms with E-state index in [9.17, 15) is 10.1 Å². The summed E-state index contributed by atoms with van der Waals surface area (Å²) < 4.78 is 16.2. The fourth-order valence-electron chi connectivity index (χ4n) is 2.93. The highest BCUT2D eigenvalue weighted by Gasteiger charge is 2.17. The van der Waals surface area contributed by atoms with Gasteiger partial charge in [-0.25, -0.2) is 5.43 Å². The van der Waals surface area contributed by atoms with E-state index in [0.717, 1.165) is 0 Å². The van der Waals surface area contributed by atoms with Crippen LogP contribution in [0.4, 0.5) is 17.6 Å². The number of halogens is 1. The third-order valence-corrected chi connectivity index (χ3v) is 4.80. The molecule has 12 nitrogen and oxygen atoms in total. The van der Waals surface area contributed by atoms with E-state index in [1.54, 1.807) is 12.1 Å². The quantitative estimate of drug-likeness (QED) is 0.318. The van der Waals surface area contributed by atoms with Crippen molar-refractivity contribution in [3.8, 4) is 17.3 Å². The first-order valence-corrected chi connectivity index (χ1v) is 9.87. The molecule has 1 aliphatic rings. The van der Waals surface area contributed by atoms with E-state index in [0.29, 0.717) is 49.3 Å². The molecule has 0 spiro atoms. The highest BCUT2D eigenvalue weighted by atomic mass is 35.5. The number of hydrogen-bond acceptors (Lipinski definition) is 11. The molecule has 3 heterocycles. The Balaban J connectivity index is 1.47. The highest BCUT2D eigenvalue weighted by molar-refractivity contribution is 6.33. The summed E-state index contributed by atoms with van der Waals surface area (Å²) in [7, 11) is 1.47. The van der Waals surface area contributed by atoms with Crippen LogP contribution in [0, 0.1) is 10.1 Å². The lowest BCUT2D eigenvalue weighted by molar-refractivity contribution is -0.384. The van der Waals surface area contributed by atoms with Crippen LogP contribution in [0.1, 0.15) is 5.76 Å². The Morgan fingerprint density at radius 1 is 1.25 bits per heavy atom. The molecule has 0 radical (unpaired) electrons. The molecule has 4 rings (SSSR count). The maximum Gasteiger partial charge on any atom is 0.322 e. The molecule has 1 saturated heterocycles. The maximum atomic E-state index is 10.9. The number of furan rings is 1. The normalized spacial score (nSPS) is 14.0. The molecule has 1 fully saturated rings. The number of methoxy groups -OCH3 is 1. The first-order valence-electron chi connectivity index (χ1n) is 9.49. The second kappa shape index (κ2) is 9.58. The fraction of sp³-hybridized carbons (Fsp3) is 0.263. The number of benzene rings is 1. The average molecular weight is 460 g/mol. The van der Waals surface area contributed by atoms with Crippen molar-refractivity contribution in [3.63, 3.8) is 0 Å². The lowest BCUT2D eigenvalue weighted by Crippen LogP contribution is -2.37. The van der Waals surface area contributed by atoms with Crippen molar-refractivity contribution in [2.45, 2.75) is 0 Å². The van der Waals surface area contributed by atoms with Crippen molar-refractivity contribution < 1.29 is 18.8 Å². The summed E-state index contributed by atoms with van der Waals surface area (Å²) in [5, 5.41) is 15.2. The Morgan fingerprint density at radius 3 is 2.78 bits per heavy atom. The molecule has 0 amide bonds. The monoisotopic (exact) mass is 459 g/mol. The van der Waals surface area contributed by atoms with Crippen LogP contribution >= 0.6 is 11.6 Å². The predicted molar refractivity (Wildman–Crippen MR) is 116 cm³/mol. The minimum Gasteiger partial charge on any atom is -0.467 e. The van der Waals surface area contributed by atoms with Gasteiger partial charge in [0.2, 0.25) is 5.95 Å². The predicted octanol–water partition coefficient (Wildman–Crippen LogP) is 2.98. The summed E-state index contributed by atoms with van der Waals surface area (Å²) in [4.78, 5) is 25.1. The second-order valence-electron chi connectivity index (χ2n) is 6.54. The van der Waals surface area contributed by atoms with Crippen molar-refractivity contribution in [1.29, 1.82) is 0 Å². The molecule has 0 saturated carbocycles. The fourth-order valence-corrected chi connectivity index (χ4v) is 3.20. The van der Waals surface area contributed by atoms with E-state index in [-0.39, 0.29) is 22.7 Å². The van der Waals surface area contributed by atoms with Crippen molar-refractivity contribution in [3.05, 3.63) is 51.2 Å². The number of anilines is 2. The molecule has 1 aromatic carbocycles. The summed E-state index contributed by atoms with van der Waals surface area (Å²) in [5.41, 5.74) is 3.17. The number of non-ortho nitro benzene ring substituents is 1.